The van der Waals surface area contributed by atoms with Crippen molar-refractivity contribution in [1.82, 2.24) is 9.47 Å². The van der Waals surface area contributed by atoms with Gasteiger partial charge < -0.3 is 9.47 Å². The Balaban J connectivity index is 2.27. The Morgan fingerprint density at radius 1 is 1.19 bits per heavy atom. The fourth-order valence-electron chi connectivity index (χ4n) is 2.36. The molecule has 1 amide bonds. The summed E-state index contributed by atoms with van der Waals surface area (Å²) < 4.78 is 2.93. The molecular weight excluding hydrogens is 328 g/mol. The molecule has 0 saturated heterocycles. The van der Waals surface area contributed by atoms with Crippen LogP contribution in [-0.4, -0.2) is 22.4 Å². The lowest BCUT2D eigenvalue weighted by atomic mass is 10.1. The number of hydrogen-bond acceptors (Lipinski definition) is 1. The Bertz CT molecular complexity index is 619. The summed E-state index contributed by atoms with van der Waals surface area (Å²) in [6, 6.07) is 12.2. The lowest BCUT2D eigenvalue weighted by molar-refractivity contribution is 0.0730. The first-order valence-electron chi connectivity index (χ1n) is 7.11. The van der Waals surface area contributed by atoms with E-state index in [1.807, 2.05) is 61.1 Å². The van der Waals surface area contributed by atoms with Crippen molar-refractivity contribution < 1.29 is 4.79 Å². The molecule has 2 rings (SSSR count). The third-order valence-electron chi connectivity index (χ3n) is 3.77. The molecule has 0 bridgehead atoms. The summed E-state index contributed by atoms with van der Waals surface area (Å²) in [4.78, 5) is 14.6. The summed E-state index contributed by atoms with van der Waals surface area (Å²) in [7, 11) is 1.85. The second kappa shape index (κ2) is 6.48. The number of aromatic nitrogens is 1. The van der Waals surface area contributed by atoms with Gasteiger partial charge in [0.15, 0.2) is 0 Å². The highest BCUT2D eigenvalue weighted by molar-refractivity contribution is 9.10. The fraction of sp³-hybridized carbons (Fsp3) is 0.353. The molecule has 1 aromatic carbocycles. The predicted octanol–water partition coefficient (Wildman–Crippen LogP) is 4.66. The summed E-state index contributed by atoms with van der Waals surface area (Å²) in [5.41, 5.74) is 1.84. The van der Waals surface area contributed by atoms with E-state index in [-0.39, 0.29) is 18.0 Å². The first-order valence-corrected chi connectivity index (χ1v) is 7.90. The van der Waals surface area contributed by atoms with Crippen LogP contribution >= 0.6 is 15.9 Å². The van der Waals surface area contributed by atoms with E-state index in [9.17, 15) is 4.79 Å². The van der Waals surface area contributed by atoms with Gasteiger partial charge in [-0.25, -0.2) is 0 Å². The summed E-state index contributed by atoms with van der Waals surface area (Å²) in [5, 5.41) is 0. The van der Waals surface area contributed by atoms with Gasteiger partial charge in [0.25, 0.3) is 5.91 Å². The quantitative estimate of drug-likeness (QED) is 0.788. The average molecular weight is 349 g/mol. The van der Waals surface area contributed by atoms with Crippen molar-refractivity contribution in [3.8, 4) is 0 Å². The van der Waals surface area contributed by atoms with Gasteiger partial charge in [0.1, 0.15) is 5.69 Å². The Labute approximate surface area is 134 Å². The summed E-state index contributed by atoms with van der Waals surface area (Å²) in [5.74, 6) is 0.0331. The van der Waals surface area contributed by atoms with Crippen molar-refractivity contribution in [2.75, 3.05) is 7.05 Å². The summed E-state index contributed by atoms with van der Waals surface area (Å²) >= 11 is 3.46. The van der Waals surface area contributed by atoms with E-state index in [4.69, 9.17) is 0 Å². The first-order chi connectivity index (χ1) is 9.91. The molecule has 0 N–H and O–H groups in total. The number of benzene rings is 1. The molecule has 1 atom stereocenters. The van der Waals surface area contributed by atoms with Gasteiger partial charge in [-0.15, -0.1) is 0 Å². The molecule has 0 aliphatic heterocycles. The minimum Gasteiger partial charge on any atom is -0.340 e. The average Bonchev–Trinajstić information content (AvgIpc) is 2.88. The number of hydrogen-bond donors (Lipinski definition) is 0. The maximum Gasteiger partial charge on any atom is 0.270 e. The van der Waals surface area contributed by atoms with Crippen LogP contribution in [0.4, 0.5) is 0 Å². The lowest BCUT2D eigenvalue weighted by Crippen LogP contribution is -2.31. The van der Waals surface area contributed by atoms with Crippen LogP contribution in [-0.2, 0) is 0 Å². The molecule has 112 valence electrons. The Kier molecular flexibility index (Phi) is 4.88. The second-order valence-electron chi connectivity index (χ2n) is 5.55. The number of halogens is 1. The molecule has 1 heterocycles. The van der Waals surface area contributed by atoms with E-state index >= 15 is 0 Å². The number of carbonyl (C=O) groups is 1. The SMILES string of the molecule is CC(c1ccccc1)N(C)C(=O)c1cc(Br)cn1C(C)C. The monoisotopic (exact) mass is 348 g/mol. The molecule has 2 aromatic rings. The smallest absolute Gasteiger partial charge is 0.270 e. The highest BCUT2D eigenvalue weighted by Gasteiger charge is 2.22. The van der Waals surface area contributed by atoms with E-state index in [0.29, 0.717) is 5.69 Å². The highest BCUT2D eigenvalue weighted by Crippen LogP contribution is 2.24. The molecule has 0 aliphatic carbocycles. The van der Waals surface area contributed by atoms with Crippen molar-refractivity contribution in [1.29, 1.82) is 0 Å². The van der Waals surface area contributed by atoms with Crippen LogP contribution in [0.3, 0.4) is 0 Å². The van der Waals surface area contributed by atoms with Gasteiger partial charge in [0.2, 0.25) is 0 Å². The van der Waals surface area contributed by atoms with Gasteiger partial charge in [-0.3, -0.25) is 4.79 Å². The van der Waals surface area contributed by atoms with E-state index < -0.39 is 0 Å². The normalized spacial score (nSPS) is 12.5. The lowest BCUT2D eigenvalue weighted by Gasteiger charge is -2.26. The van der Waals surface area contributed by atoms with Crippen LogP contribution in [0.25, 0.3) is 0 Å². The molecule has 21 heavy (non-hydrogen) atoms. The maximum absolute atomic E-state index is 12.8. The Morgan fingerprint density at radius 3 is 2.38 bits per heavy atom. The molecule has 1 aromatic heterocycles. The molecule has 0 spiro atoms. The van der Waals surface area contributed by atoms with Crippen LogP contribution in [0.1, 0.15) is 48.9 Å². The minimum atomic E-state index is 0.0331. The predicted molar refractivity (Wildman–Crippen MR) is 89.5 cm³/mol. The van der Waals surface area contributed by atoms with Gasteiger partial charge in [0, 0.05) is 23.8 Å². The fourth-order valence-corrected chi connectivity index (χ4v) is 2.79. The Morgan fingerprint density at radius 2 is 1.81 bits per heavy atom. The van der Waals surface area contributed by atoms with E-state index in [1.165, 1.54) is 0 Å². The van der Waals surface area contributed by atoms with Crippen LogP contribution in [0.15, 0.2) is 47.1 Å². The van der Waals surface area contributed by atoms with E-state index in [1.54, 1.807) is 4.90 Å². The van der Waals surface area contributed by atoms with Crippen molar-refractivity contribution in [3.05, 3.63) is 58.3 Å². The number of carbonyl (C=O) groups excluding carboxylic acids is 1. The Hall–Kier alpha value is -1.55. The van der Waals surface area contributed by atoms with Gasteiger partial charge >= 0.3 is 0 Å². The molecular formula is C17H21BrN2O. The van der Waals surface area contributed by atoms with E-state index in [2.05, 4.69) is 29.8 Å². The van der Waals surface area contributed by atoms with Gasteiger partial charge in [0.05, 0.1) is 6.04 Å². The zero-order chi connectivity index (χ0) is 15.6. The third-order valence-corrected chi connectivity index (χ3v) is 4.21. The minimum absolute atomic E-state index is 0.0331. The van der Waals surface area contributed by atoms with Crippen molar-refractivity contribution >= 4 is 21.8 Å². The number of amides is 1. The van der Waals surface area contributed by atoms with Gasteiger partial charge in [-0.1, -0.05) is 30.3 Å². The van der Waals surface area contributed by atoms with E-state index in [0.717, 1.165) is 10.0 Å². The summed E-state index contributed by atoms with van der Waals surface area (Å²) in [6.07, 6.45) is 1.96. The number of nitrogens with zero attached hydrogens (tertiary/aromatic N) is 2. The standard InChI is InChI=1S/C17H21BrN2O/c1-12(2)20-11-15(18)10-16(20)17(21)19(4)13(3)14-8-6-5-7-9-14/h5-13H,1-4H3. The van der Waals surface area contributed by atoms with Gasteiger partial charge in [-0.05, 0) is 48.3 Å². The molecule has 1 unspecified atom stereocenters. The van der Waals surface area contributed by atoms with Gasteiger partial charge in [-0.2, -0.15) is 0 Å². The molecule has 0 saturated carbocycles. The zero-order valence-corrected chi connectivity index (χ0v) is 14.5. The van der Waals surface area contributed by atoms with Crippen LogP contribution in [0.2, 0.25) is 0 Å². The zero-order valence-electron chi connectivity index (χ0n) is 12.9. The highest BCUT2D eigenvalue weighted by atomic mass is 79.9. The topological polar surface area (TPSA) is 25.2 Å². The van der Waals surface area contributed by atoms with Crippen molar-refractivity contribution in [2.45, 2.75) is 32.9 Å². The van der Waals surface area contributed by atoms with Crippen molar-refractivity contribution in [2.24, 2.45) is 0 Å². The first kappa shape index (κ1) is 15.8. The largest absolute Gasteiger partial charge is 0.340 e. The van der Waals surface area contributed by atoms with Crippen molar-refractivity contribution in [3.63, 3.8) is 0 Å². The van der Waals surface area contributed by atoms with Crippen LogP contribution < -0.4 is 0 Å². The second-order valence-corrected chi connectivity index (χ2v) is 6.46. The van der Waals surface area contributed by atoms with Crippen LogP contribution in [0, 0.1) is 0 Å². The number of rotatable bonds is 4. The van der Waals surface area contributed by atoms with Crippen LogP contribution in [0.5, 0.6) is 0 Å². The third kappa shape index (κ3) is 3.38. The molecule has 0 radical (unpaired) electrons. The molecule has 0 fully saturated rings. The maximum atomic E-state index is 12.8. The molecule has 0 aliphatic rings. The molecule has 3 nitrogen and oxygen atoms in total. The molecule has 4 heteroatoms. The summed E-state index contributed by atoms with van der Waals surface area (Å²) in [6.45, 7) is 6.19.